The monoisotopic (exact) mass is 413 g/mol. The van der Waals surface area contributed by atoms with E-state index < -0.39 is 10.8 Å². The van der Waals surface area contributed by atoms with Crippen molar-refractivity contribution in [3.8, 4) is 11.8 Å². The van der Waals surface area contributed by atoms with Gasteiger partial charge in [0.2, 0.25) is 17.0 Å². The number of nitrogens with one attached hydrogen (secondary N) is 2. The molecule has 10 heteroatoms. The Balaban J connectivity index is 1.72. The number of hydrogen-bond donors (Lipinski definition) is 2. The topological polar surface area (TPSA) is 126 Å². The number of hydrogen-bond acceptors (Lipinski definition) is 7. The molecule has 3 rings (SSSR count). The summed E-state index contributed by atoms with van der Waals surface area (Å²) >= 11 is 1.22. The molecule has 1 heterocycles. The normalized spacial score (nSPS) is 16.4. The molecule has 2 N–H and O–H groups in total. The van der Waals surface area contributed by atoms with Crippen molar-refractivity contribution < 1.29 is 9.59 Å². The van der Waals surface area contributed by atoms with Gasteiger partial charge in [-0.1, -0.05) is 37.1 Å². The molecular weight excluding hydrogens is 390 g/mol. The molecule has 152 valence electrons. The maximum Gasteiger partial charge on any atom is 0.234 e. The van der Waals surface area contributed by atoms with Crippen molar-refractivity contribution in [3.05, 3.63) is 24.3 Å². The molecule has 1 aromatic heterocycles. The fourth-order valence-corrected chi connectivity index (χ4v) is 4.11. The number of nitriles is 1. The maximum absolute atomic E-state index is 12.7. The second kappa shape index (κ2) is 9.05. The molecule has 2 aromatic rings. The summed E-state index contributed by atoms with van der Waals surface area (Å²) < 4.78 is 1.51. The van der Waals surface area contributed by atoms with E-state index in [0.717, 1.165) is 19.3 Å². The second-order valence-corrected chi connectivity index (χ2v) is 8.42. The summed E-state index contributed by atoms with van der Waals surface area (Å²) in [5.74, 6) is -0.382. The Labute approximate surface area is 173 Å². The lowest BCUT2D eigenvalue weighted by Gasteiger charge is -2.32. The number of rotatable bonds is 6. The molecule has 1 aliphatic carbocycles. The van der Waals surface area contributed by atoms with E-state index in [4.69, 9.17) is 0 Å². The summed E-state index contributed by atoms with van der Waals surface area (Å²) in [5.41, 5.74) is 0.514. The van der Waals surface area contributed by atoms with Gasteiger partial charge in [-0.25, -0.2) is 0 Å². The fourth-order valence-electron chi connectivity index (χ4n) is 3.30. The molecule has 1 aromatic carbocycles. The van der Waals surface area contributed by atoms with Gasteiger partial charge in [0.1, 0.15) is 5.54 Å². The van der Waals surface area contributed by atoms with Gasteiger partial charge in [0.25, 0.3) is 0 Å². The summed E-state index contributed by atoms with van der Waals surface area (Å²) in [6, 6.07) is 9.41. The Bertz CT molecular complexity index is 931. The SMILES string of the molecule is CC(=O)Nc1cccc(-n2nnnc2SC(C)C(=O)NC2(C#N)CCCCC2)c1. The van der Waals surface area contributed by atoms with Crippen molar-refractivity contribution in [1.29, 1.82) is 5.26 Å². The number of carbonyl (C=O) groups is 2. The zero-order valence-corrected chi connectivity index (χ0v) is 17.2. The summed E-state index contributed by atoms with van der Waals surface area (Å²) in [5, 5.41) is 26.9. The number of thioether (sulfide) groups is 1. The zero-order chi connectivity index (χ0) is 20.9. The van der Waals surface area contributed by atoms with Crippen molar-refractivity contribution in [3.63, 3.8) is 0 Å². The third kappa shape index (κ3) is 5.12. The standard InChI is InChI=1S/C19H23N7O2S/c1-13(17(28)22-19(12-20)9-4-3-5-10-19)29-18-23-24-25-26(18)16-8-6-7-15(11-16)21-14(2)27/h6-8,11,13H,3-5,9-10H2,1-2H3,(H,21,27)(H,22,28). The Morgan fingerprint density at radius 3 is 2.76 bits per heavy atom. The third-order valence-corrected chi connectivity index (χ3v) is 5.82. The van der Waals surface area contributed by atoms with E-state index >= 15 is 0 Å². The van der Waals surface area contributed by atoms with Crippen molar-refractivity contribution in [2.24, 2.45) is 0 Å². The van der Waals surface area contributed by atoms with Crippen LogP contribution in [0.15, 0.2) is 29.4 Å². The van der Waals surface area contributed by atoms with Gasteiger partial charge in [-0.2, -0.15) is 9.94 Å². The van der Waals surface area contributed by atoms with Crippen molar-refractivity contribution in [2.75, 3.05) is 5.32 Å². The van der Waals surface area contributed by atoms with E-state index in [1.54, 1.807) is 25.1 Å². The summed E-state index contributed by atoms with van der Waals surface area (Å²) in [4.78, 5) is 24.0. The van der Waals surface area contributed by atoms with Crippen LogP contribution in [-0.4, -0.2) is 42.8 Å². The predicted molar refractivity (Wildman–Crippen MR) is 108 cm³/mol. The van der Waals surface area contributed by atoms with E-state index in [0.29, 0.717) is 29.4 Å². The third-order valence-electron chi connectivity index (χ3n) is 4.79. The molecule has 9 nitrogen and oxygen atoms in total. The Morgan fingerprint density at radius 1 is 1.31 bits per heavy atom. The first-order valence-electron chi connectivity index (χ1n) is 9.49. The van der Waals surface area contributed by atoms with Crippen LogP contribution in [0.4, 0.5) is 5.69 Å². The molecule has 0 saturated heterocycles. The highest BCUT2D eigenvalue weighted by atomic mass is 32.2. The molecule has 0 spiro atoms. The van der Waals surface area contributed by atoms with E-state index in [9.17, 15) is 14.9 Å². The lowest BCUT2D eigenvalue weighted by Crippen LogP contribution is -2.50. The van der Waals surface area contributed by atoms with Gasteiger partial charge in [-0.05, 0) is 48.4 Å². The van der Waals surface area contributed by atoms with Crippen LogP contribution in [0.1, 0.15) is 46.0 Å². The lowest BCUT2D eigenvalue weighted by molar-refractivity contribution is -0.122. The molecular formula is C19H23N7O2S. The van der Waals surface area contributed by atoms with E-state index in [2.05, 4.69) is 32.2 Å². The van der Waals surface area contributed by atoms with E-state index in [1.807, 2.05) is 6.07 Å². The van der Waals surface area contributed by atoms with Crippen LogP contribution in [0.2, 0.25) is 0 Å². The first-order valence-corrected chi connectivity index (χ1v) is 10.4. The molecule has 0 radical (unpaired) electrons. The van der Waals surface area contributed by atoms with Crippen LogP contribution in [0.3, 0.4) is 0 Å². The molecule has 29 heavy (non-hydrogen) atoms. The van der Waals surface area contributed by atoms with Crippen molar-refractivity contribution in [1.82, 2.24) is 25.5 Å². The highest BCUT2D eigenvalue weighted by Crippen LogP contribution is 2.29. The molecule has 0 aliphatic heterocycles. The first-order chi connectivity index (χ1) is 13.9. The van der Waals surface area contributed by atoms with E-state index in [1.165, 1.54) is 23.4 Å². The van der Waals surface area contributed by atoms with Gasteiger partial charge in [0.15, 0.2) is 0 Å². The zero-order valence-electron chi connectivity index (χ0n) is 16.4. The number of amides is 2. The number of aromatic nitrogens is 4. The average molecular weight is 414 g/mol. The van der Waals surface area contributed by atoms with Gasteiger partial charge in [-0.15, -0.1) is 5.10 Å². The maximum atomic E-state index is 12.7. The lowest BCUT2D eigenvalue weighted by atomic mass is 9.83. The van der Waals surface area contributed by atoms with Crippen LogP contribution in [-0.2, 0) is 9.59 Å². The number of anilines is 1. The van der Waals surface area contributed by atoms with Crippen LogP contribution >= 0.6 is 11.8 Å². The summed E-state index contributed by atoms with van der Waals surface area (Å²) in [7, 11) is 0. The fraction of sp³-hybridized carbons (Fsp3) is 0.474. The van der Waals surface area contributed by atoms with Crippen LogP contribution in [0.5, 0.6) is 0 Å². The van der Waals surface area contributed by atoms with Crippen molar-refractivity contribution in [2.45, 2.75) is 61.9 Å². The Hall–Kier alpha value is -2.93. The molecule has 1 fully saturated rings. The molecule has 1 atom stereocenters. The van der Waals surface area contributed by atoms with Gasteiger partial charge in [-0.3, -0.25) is 9.59 Å². The molecule has 1 unspecified atom stereocenters. The molecule has 1 aliphatic rings. The predicted octanol–water partition coefficient (Wildman–Crippen LogP) is 2.44. The molecule has 2 amide bonds. The largest absolute Gasteiger partial charge is 0.337 e. The summed E-state index contributed by atoms with van der Waals surface area (Å²) in [6.45, 7) is 3.20. The van der Waals surface area contributed by atoms with Gasteiger partial charge in [0, 0.05) is 12.6 Å². The minimum absolute atomic E-state index is 0.173. The van der Waals surface area contributed by atoms with Crippen LogP contribution < -0.4 is 10.6 Å². The quantitative estimate of drug-likeness (QED) is 0.697. The molecule has 1 saturated carbocycles. The number of carbonyl (C=O) groups excluding carboxylic acids is 2. The minimum atomic E-state index is -0.775. The van der Waals surface area contributed by atoms with Gasteiger partial charge < -0.3 is 10.6 Å². The molecule has 0 bridgehead atoms. The number of tetrazole rings is 1. The van der Waals surface area contributed by atoms with E-state index in [-0.39, 0.29) is 11.8 Å². The number of benzene rings is 1. The smallest absolute Gasteiger partial charge is 0.234 e. The summed E-state index contributed by atoms with van der Waals surface area (Å²) in [6.07, 6.45) is 4.34. The van der Waals surface area contributed by atoms with Crippen LogP contribution in [0, 0.1) is 11.3 Å². The average Bonchev–Trinajstić information content (AvgIpc) is 3.16. The minimum Gasteiger partial charge on any atom is -0.337 e. The first kappa shape index (κ1) is 20.8. The highest BCUT2D eigenvalue weighted by molar-refractivity contribution is 8.00. The van der Waals surface area contributed by atoms with Crippen LogP contribution in [0.25, 0.3) is 5.69 Å². The van der Waals surface area contributed by atoms with Gasteiger partial charge in [0.05, 0.1) is 17.0 Å². The highest BCUT2D eigenvalue weighted by Gasteiger charge is 2.35. The van der Waals surface area contributed by atoms with Crippen molar-refractivity contribution >= 4 is 29.3 Å². The van der Waals surface area contributed by atoms with Gasteiger partial charge >= 0.3 is 0 Å². The Morgan fingerprint density at radius 2 is 2.07 bits per heavy atom. The second-order valence-electron chi connectivity index (χ2n) is 7.11. The number of nitrogens with zero attached hydrogens (tertiary/aromatic N) is 5. The Kier molecular flexibility index (Phi) is 6.49.